The molecule has 0 saturated heterocycles. The fourth-order valence-electron chi connectivity index (χ4n) is 2.48. The molecule has 1 fully saturated rings. The van der Waals surface area contributed by atoms with Gasteiger partial charge in [0.25, 0.3) is 0 Å². The number of hydrogen-bond acceptors (Lipinski definition) is 2. The second-order valence-corrected chi connectivity index (χ2v) is 5.91. The Morgan fingerprint density at radius 3 is 2.60 bits per heavy atom. The van der Waals surface area contributed by atoms with Gasteiger partial charge in [-0.25, -0.2) is 0 Å². The molecule has 3 rings (SSSR count). The van der Waals surface area contributed by atoms with Crippen LogP contribution in [0.2, 0.25) is 0 Å². The van der Waals surface area contributed by atoms with Gasteiger partial charge in [-0.2, -0.15) is 0 Å². The highest BCUT2D eigenvalue weighted by Crippen LogP contribution is 2.24. The lowest BCUT2D eigenvalue weighted by Crippen LogP contribution is -2.16. The predicted octanol–water partition coefficient (Wildman–Crippen LogP) is 3.93. The van der Waals surface area contributed by atoms with Crippen LogP contribution in [0.5, 0.6) is 0 Å². The Hall–Kier alpha value is -1.67. The summed E-state index contributed by atoms with van der Waals surface area (Å²) in [6.45, 7) is 7.33. The topological polar surface area (TPSA) is 24.9 Å². The van der Waals surface area contributed by atoms with E-state index in [0.717, 1.165) is 24.0 Å². The van der Waals surface area contributed by atoms with Crippen molar-refractivity contribution in [1.29, 1.82) is 0 Å². The van der Waals surface area contributed by atoms with E-state index in [2.05, 4.69) is 56.4 Å². The second-order valence-electron chi connectivity index (χ2n) is 5.91. The Kier molecular flexibility index (Phi) is 3.58. The number of aryl methyl sites for hydroxylation is 3. The first-order valence-corrected chi connectivity index (χ1v) is 7.41. The molecule has 20 heavy (non-hydrogen) atoms. The van der Waals surface area contributed by atoms with E-state index in [1.54, 1.807) is 0 Å². The molecule has 1 saturated carbocycles. The predicted molar refractivity (Wildman–Crippen MR) is 83.7 cm³/mol. The lowest BCUT2D eigenvalue weighted by atomic mass is 10.0. The quantitative estimate of drug-likeness (QED) is 0.907. The summed E-state index contributed by atoms with van der Waals surface area (Å²) in [6.07, 6.45) is 2.65. The van der Waals surface area contributed by atoms with Crippen LogP contribution in [0.15, 0.2) is 30.3 Å². The van der Waals surface area contributed by atoms with Crippen molar-refractivity contribution >= 4 is 0 Å². The third kappa shape index (κ3) is 2.91. The third-order valence-electron chi connectivity index (χ3n) is 4.02. The zero-order valence-corrected chi connectivity index (χ0v) is 12.5. The van der Waals surface area contributed by atoms with Gasteiger partial charge in [-0.05, 0) is 56.9 Å². The lowest BCUT2D eigenvalue weighted by Gasteiger charge is -2.11. The molecule has 1 aliphatic rings. The summed E-state index contributed by atoms with van der Waals surface area (Å²) in [5, 5.41) is 3.55. The molecule has 0 radical (unpaired) electrons. The molecule has 1 aliphatic carbocycles. The second kappa shape index (κ2) is 5.37. The zero-order valence-electron chi connectivity index (χ0n) is 12.5. The van der Waals surface area contributed by atoms with Crippen LogP contribution in [0, 0.1) is 20.8 Å². The summed E-state index contributed by atoms with van der Waals surface area (Å²) in [5.41, 5.74) is 7.34. The number of pyridine rings is 1. The van der Waals surface area contributed by atoms with E-state index in [4.69, 9.17) is 4.98 Å². The smallest absolute Gasteiger partial charge is 0.0708 e. The molecule has 104 valence electrons. The third-order valence-corrected chi connectivity index (χ3v) is 4.02. The van der Waals surface area contributed by atoms with Crippen LogP contribution in [-0.4, -0.2) is 11.0 Å². The average Bonchev–Trinajstić information content (AvgIpc) is 3.24. The van der Waals surface area contributed by atoms with Gasteiger partial charge < -0.3 is 5.32 Å². The molecule has 2 heteroatoms. The number of nitrogens with one attached hydrogen (secondary N) is 1. The number of aromatic nitrogens is 1. The summed E-state index contributed by atoms with van der Waals surface area (Å²) in [4.78, 5) is 4.80. The van der Waals surface area contributed by atoms with Gasteiger partial charge >= 0.3 is 0 Å². The van der Waals surface area contributed by atoms with Gasteiger partial charge in [0.15, 0.2) is 0 Å². The summed E-state index contributed by atoms with van der Waals surface area (Å²) < 4.78 is 0. The molecule has 2 aromatic rings. The minimum atomic E-state index is 0.744. The monoisotopic (exact) mass is 266 g/mol. The first-order valence-electron chi connectivity index (χ1n) is 7.41. The molecule has 0 spiro atoms. The van der Waals surface area contributed by atoms with E-state index < -0.39 is 0 Å². The van der Waals surface area contributed by atoms with Crippen LogP contribution in [0.3, 0.4) is 0 Å². The van der Waals surface area contributed by atoms with Crippen molar-refractivity contribution in [3.63, 3.8) is 0 Å². The first kappa shape index (κ1) is 13.3. The van der Waals surface area contributed by atoms with E-state index in [-0.39, 0.29) is 0 Å². The van der Waals surface area contributed by atoms with E-state index in [9.17, 15) is 0 Å². The standard InChI is InChI=1S/C18H22N2/c1-12-4-5-13(2)17(10-12)18-9-6-15(14(3)20-18)11-19-16-7-8-16/h4-6,9-10,16,19H,7-8,11H2,1-3H3. The molecule has 1 N–H and O–H groups in total. The van der Waals surface area contributed by atoms with Crippen molar-refractivity contribution in [3.8, 4) is 11.3 Å². The van der Waals surface area contributed by atoms with Crippen molar-refractivity contribution in [1.82, 2.24) is 10.3 Å². The maximum atomic E-state index is 4.80. The Labute approximate surface area is 121 Å². The van der Waals surface area contributed by atoms with Gasteiger partial charge in [0.2, 0.25) is 0 Å². The number of benzene rings is 1. The van der Waals surface area contributed by atoms with E-state index in [1.165, 1.54) is 35.1 Å². The molecule has 1 heterocycles. The van der Waals surface area contributed by atoms with E-state index in [0.29, 0.717) is 0 Å². The van der Waals surface area contributed by atoms with Crippen molar-refractivity contribution in [3.05, 3.63) is 52.7 Å². The zero-order chi connectivity index (χ0) is 14.1. The van der Waals surface area contributed by atoms with Crippen LogP contribution in [0.25, 0.3) is 11.3 Å². The number of nitrogens with zero attached hydrogens (tertiary/aromatic N) is 1. The van der Waals surface area contributed by atoms with Crippen LogP contribution in [0.4, 0.5) is 0 Å². The van der Waals surface area contributed by atoms with Crippen LogP contribution < -0.4 is 5.32 Å². The van der Waals surface area contributed by atoms with Crippen LogP contribution in [-0.2, 0) is 6.54 Å². The average molecular weight is 266 g/mol. The van der Waals surface area contributed by atoms with Gasteiger partial charge in [-0.3, -0.25) is 4.98 Å². The van der Waals surface area contributed by atoms with Crippen molar-refractivity contribution < 1.29 is 0 Å². The van der Waals surface area contributed by atoms with Crippen molar-refractivity contribution in [2.75, 3.05) is 0 Å². The fourth-order valence-corrected chi connectivity index (χ4v) is 2.48. The normalized spacial score (nSPS) is 14.6. The molecule has 1 aromatic heterocycles. The van der Waals surface area contributed by atoms with E-state index in [1.807, 2.05) is 0 Å². The Morgan fingerprint density at radius 1 is 1.10 bits per heavy atom. The molecule has 0 atom stereocenters. The van der Waals surface area contributed by atoms with Crippen molar-refractivity contribution in [2.45, 2.75) is 46.2 Å². The molecule has 1 aromatic carbocycles. The highest BCUT2D eigenvalue weighted by Gasteiger charge is 2.20. The summed E-state index contributed by atoms with van der Waals surface area (Å²) >= 11 is 0. The van der Waals surface area contributed by atoms with Gasteiger partial charge in [-0.15, -0.1) is 0 Å². The van der Waals surface area contributed by atoms with Gasteiger partial charge in [-0.1, -0.05) is 23.8 Å². The lowest BCUT2D eigenvalue weighted by molar-refractivity contribution is 0.682. The maximum Gasteiger partial charge on any atom is 0.0708 e. The number of rotatable bonds is 4. The highest BCUT2D eigenvalue weighted by atomic mass is 14.9. The molecule has 2 nitrogen and oxygen atoms in total. The molecule has 0 aliphatic heterocycles. The highest BCUT2D eigenvalue weighted by molar-refractivity contribution is 5.64. The number of hydrogen-bond donors (Lipinski definition) is 1. The molecule has 0 bridgehead atoms. The molecular weight excluding hydrogens is 244 g/mol. The van der Waals surface area contributed by atoms with E-state index >= 15 is 0 Å². The summed E-state index contributed by atoms with van der Waals surface area (Å²) in [6, 6.07) is 11.7. The Balaban J connectivity index is 1.86. The van der Waals surface area contributed by atoms with Gasteiger partial charge in [0.05, 0.1) is 5.69 Å². The molecule has 0 unspecified atom stereocenters. The first-order chi connectivity index (χ1) is 9.63. The minimum Gasteiger partial charge on any atom is -0.310 e. The van der Waals surface area contributed by atoms with Crippen LogP contribution >= 0.6 is 0 Å². The summed E-state index contributed by atoms with van der Waals surface area (Å²) in [7, 11) is 0. The fraction of sp³-hybridized carbons (Fsp3) is 0.389. The Bertz CT molecular complexity index is 627. The van der Waals surface area contributed by atoms with Gasteiger partial charge in [0.1, 0.15) is 0 Å². The van der Waals surface area contributed by atoms with Crippen molar-refractivity contribution in [2.24, 2.45) is 0 Å². The SMILES string of the molecule is Cc1ccc(C)c(-c2ccc(CNC3CC3)c(C)n2)c1. The minimum absolute atomic E-state index is 0.744. The summed E-state index contributed by atoms with van der Waals surface area (Å²) in [5.74, 6) is 0. The molecule has 0 amide bonds. The Morgan fingerprint density at radius 2 is 1.90 bits per heavy atom. The van der Waals surface area contributed by atoms with Crippen LogP contribution in [0.1, 0.15) is 35.2 Å². The maximum absolute atomic E-state index is 4.80. The van der Waals surface area contributed by atoms with Gasteiger partial charge in [0, 0.05) is 23.8 Å². The molecular formula is C18H22N2. The largest absolute Gasteiger partial charge is 0.310 e.